The summed E-state index contributed by atoms with van der Waals surface area (Å²) in [6, 6.07) is 8.57. The highest BCUT2D eigenvalue weighted by Gasteiger charge is 2.26. The number of hydrogen-bond donors (Lipinski definition) is 2. The van der Waals surface area contributed by atoms with E-state index in [4.69, 9.17) is 9.72 Å². The Balaban J connectivity index is 1.64. The molecule has 1 aliphatic rings. The zero-order valence-corrected chi connectivity index (χ0v) is 19.7. The fraction of sp³-hybridized carbons (Fsp3) is 0.565. The molecule has 0 bridgehead atoms. The van der Waals surface area contributed by atoms with Gasteiger partial charge in [-0.15, -0.1) is 11.3 Å². The highest BCUT2D eigenvalue weighted by Crippen LogP contribution is 2.31. The molecule has 2 N–H and O–H groups in total. The van der Waals surface area contributed by atoms with Crippen molar-refractivity contribution in [2.45, 2.75) is 51.6 Å². The maximum absolute atomic E-state index is 5.65. The van der Waals surface area contributed by atoms with Crippen molar-refractivity contribution in [1.82, 2.24) is 20.5 Å². The lowest BCUT2D eigenvalue weighted by Crippen LogP contribution is -2.42. The molecular formula is C23H35N5OS. The van der Waals surface area contributed by atoms with Crippen LogP contribution in [0.25, 0.3) is 0 Å². The molecule has 0 radical (unpaired) electrons. The normalized spacial score (nSPS) is 16.5. The molecule has 30 heavy (non-hydrogen) atoms. The van der Waals surface area contributed by atoms with Crippen LogP contribution in [-0.2, 0) is 12.0 Å². The van der Waals surface area contributed by atoms with Gasteiger partial charge in [0.1, 0.15) is 10.8 Å². The molecule has 0 aliphatic carbocycles. The van der Waals surface area contributed by atoms with Crippen LogP contribution < -0.4 is 15.4 Å². The van der Waals surface area contributed by atoms with Gasteiger partial charge < -0.3 is 15.4 Å². The fourth-order valence-corrected chi connectivity index (χ4v) is 4.70. The van der Waals surface area contributed by atoms with Crippen LogP contribution in [0.5, 0.6) is 5.75 Å². The van der Waals surface area contributed by atoms with Crippen LogP contribution in [0, 0.1) is 0 Å². The molecule has 0 amide bonds. The zero-order valence-electron chi connectivity index (χ0n) is 18.9. The standard InChI is InChI=1S/C23H35N5OS/c1-23(2,3)20-16-30-21(27-20)15-26-22(24-4)25-14-18(28-12-8-9-13-28)17-10-6-7-11-19(17)29-5/h6-7,10-11,16,18H,8-9,12-15H2,1-5H3,(H2,24,25,26). The van der Waals surface area contributed by atoms with Crippen molar-refractivity contribution < 1.29 is 4.74 Å². The van der Waals surface area contributed by atoms with Crippen LogP contribution in [0.4, 0.5) is 0 Å². The quantitative estimate of drug-likeness (QED) is 0.515. The number of nitrogens with one attached hydrogen (secondary N) is 2. The minimum absolute atomic E-state index is 0.0758. The van der Waals surface area contributed by atoms with E-state index in [9.17, 15) is 0 Å². The van der Waals surface area contributed by atoms with Crippen molar-refractivity contribution >= 4 is 17.3 Å². The number of guanidine groups is 1. The van der Waals surface area contributed by atoms with Crippen molar-refractivity contribution in [3.8, 4) is 5.75 Å². The van der Waals surface area contributed by atoms with E-state index in [-0.39, 0.29) is 11.5 Å². The molecule has 2 aromatic rings. The molecule has 1 atom stereocenters. The lowest BCUT2D eigenvalue weighted by Gasteiger charge is -2.30. The third kappa shape index (κ3) is 5.73. The summed E-state index contributed by atoms with van der Waals surface area (Å²) in [7, 11) is 3.55. The van der Waals surface area contributed by atoms with Crippen LogP contribution >= 0.6 is 11.3 Å². The second-order valence-electron chi connectivity index (χ2n) is 8.68. The van der Waals surface area contributed by atoms with Gasteiger partial charge in [0.2, 0.25) is 0 Å². The predicted molar refractivity (Wildman–Crippen MR) is 126 cm³/mol. The third-order valence-electron chi connectivity index (χ3n) is 5.49. The van der Waals surface area contributed by atoms with Gasteiger partial charge in [-0.1, -0.05) is 39.0 Å². The van der Waals surface area contributed by atoms with Crippen LogP contribution in [-0.4, -0.2) is 49.6 Å². The van der Waals surface area contributed by atoms with E-state index < -0.39 is 0 Å². The Bertz CT molecular complexity index is 836. The number of hydrogen-bond acceptors (Lipinski definition) is 5. The van der Waals surface area contributed by atoms with E-state index >= 15 is 0 Å². The number of methoxy groups -OCH3 is 1. The number of thiazole rings is 1. The van der Waals surface area contributed by atoms with Gasteiger partial charge in [0, 0.05) is 30.0 Å². The topological polar surface area (TPSA) is 61.8 Å². The highest BCUT2D eigenvalue weighted by atomic mass is 32.1. The molecule has 2 heterocycles. The summed E-state index contributed by atoms with van der Waals surface area (Å²) in [4.78, 5) is 11.7. The van der Waals surface area contributed by atoms with E-state index in [1.807, 2.05) is 19.2 Å². The van der Waals surface area contributed by atoms with Crippen molar-refractivity contribution in [3.63, 3.8) is 0 Å². The van der Waals surface area contributed by atoms with Crippen LogP contribution in [0.15, 0.2) is 34.6 Å². The maximum atomic E-state index is 5.65. The van der Waals surface area contributed by atoms with Crippen molar-refractivity contribution in [2.24, 2.45) is 4.99 Å². The highest BCUT2D eigenvalue weighted by molar-refractivity contribution is 7.09. The minimum Gasteiger partial charge on any atom is -0.496 e. The molecule has 1 unspecified atom stereocenters. The van der Waals surface area contributed by atoms with Gasteiger partial charge in [0.25, 0.3) is 0 Å². The van der Waals surface area contributed by atoms with Gasteiger partial charge in [-0.25, -0.2) is 4.98 Å². The summed E-state index contributed by atoms with van der Waals surface area (Å²) >= 11 is 1.69. The SMILES string of the molecule is CN=C(NCc1nc(C(C)(C)C)cs1)NCC(c1ccccc1OC)N1CCCC1. The maximum Gasteiger partial charge on any atom is 0.191 e. The molecule has 1 saturated heterocycles. The van der Waals surface area contributed by atoms with E-state index in [0.29, 0.717) is 6.54 Å². The number of ether oxygens (including phenoxy) is 1. The van der Waals surface area contributed by atoms with Gasteiger partial charge in [0.05, 0.1) is 25.4 Å². The fourth-order valence-electron chi connectivity index (χ4n) is 3.74. The number of benzene rings is 1. The molecule has 0 saturated carbocycles. The predicted octanol–water partition coefficient (Wildman–Crippen LogP) is 3.95. The molecule has 6 nitrogen and oxygen atoms in total. The Labute approximate surface area is 184 Å². The van der Waals surface area contributed by atoms with Crippen molar-refractivity contribution in [2.75, 3.05) is 33.8 Å². The smallest absolute Gasteiger partial charge is 0.191 e. The Morgan fingerprint density at radius 3 is 2.60 bits per heavy atom. The lowest BCUT2D eigenvalue weighted by atomic mass is 9.93. The molecule has 1 fully saturated rings. The summed E-state index contributed by atoms with van der Waals surface area (Å²) in [5, 5.41) is 10.2. The molecule has 0 spiro atoms. The summed E-state index contributed by atoms with van der Waals surface area (Å²) in [6.45, 7) is 10.2. The van der Waals surface area contributed by atoms with Crippen LogP contribution in [0.2, 0.25) is 0 Å². The summed E-state index contributed by atoms with van der Waals surface area (Å²) < 4.78 is 5.65. The van der Waals surface area contributed by atoms with Gasteiger partial charge in [0.15, 0.2) is 5.96 Å². The first kappa shape index (κ1) is 22.6. The van der Waals surface area contributed by atoms with Crippen LogP contribution in [0.3, 0.4) is 0 Å². The Kier molecular flexibility index (Phi) is 7.72. The number of rotatable bonds is 7. The second kappa shape index (κ2) is 10.3. The monoisotopic (exact) mass is 429 g/mol. The summed E-state index contributed by atoms with van der Waals surface area (Å²) in [5.41, 5.74) is 2.43. The average Bonchev–Trinajstić information content (AvgIpc) is 3.43. The molecule has 164 valence electrons. The van der Waals surface area contributed by atoms with Gasteiger partial charge in [-0.05, 0) is 32.0 Å². The van der Waals surface area contributed by atoms with Gasteiger partial charge in [-0.3, -0.25) is 9.89 Å². The number of aromatic nitrogens is 1. The Morgan fingerprint density at radius 2 is 1.97 bits per heavy atom. The Hall–Kier alpha value is -2.12. The molecule has 1 aromatic carbocycles. The minimum atomic E-state index is 0.0758. The van der Waals surface area contributed by atoms with Crippen molar-refractivity contribution in [3.05, 3.63) is 45.9 Å². The second-order valence-corrected chi connectivity index (χ2v) is 9.63. The Morgan fingerprint density at radius 1 is 1.23 bits per heavy atom. The van der Waals surface area contributed by atoms with Crippen molar-refractivity contribution in [1.29, 1.82) is 0 Å². The zero-order chi connectivity index (χ0) is 21.6. The number of nitrogens with zero attached hydrogens (tertiary/aromatic N) is 3. The largest absolute Gasteiger partial charge is 0.496 e. The lowest BCUT2D eigenvalue weighted by molar-refractivity contribution is 0.239. The molecule has 3 rings (SSSR count). The average molecular weight is 430 g/mol. The molecule has 7 heteroatoms. The summed E-state index contributed by atoms with van der Waals surface area (Å²) in [5.74, 6) is 1.73. The number of likely N-dealkylation sites (tertiary alicyclic amines) is 1. The number of aliphatic imine (C=N–C) groups is 1. The first-order valence-electron chi connectivity index (χ1n) is 10.7. The number of para-hydroxylation sites is 1. The molecule has 1 aliphatic heterocycles. The van der Waals surface area contributed by atoms with E-state index in [1.165, 1.54) is 18.4 Å². The van der Waals surface area contributed by atoms with E-state index in [2.05, 4.69) is 58.8 Å². The molecular weight excluding hydrogens is 394 g/mol. The first-order valence-corrected chi connectivity index (χ1v) is 11.6. The molecule has 1 aromatic heterocycles. The summed E-state index contributed by atoms with van der Waals surface area (Å²) in [6.07, 6.45) is 2.50. The van der Waals surface area contributed by atoms with E-state index in [0.717, 1.165) is 42.0 Å². The van der Waals surface area contributed by atoms with E-state index in [1.54, 1.807) is 18.4 Å². The van der Waals surface area contributed by atoms with Gasteiger partial charge in [-0.2, -0.15) is 0 Å². The first-order chi connectivity index (χ1) is 14.4. The third-order valence-corrected chi connectivity index (χ3v) is 6.34. The van der Waals surface area contributed by atoms with Crippen LogP contribution in [0.1, 0.15) is 55.9 Å². The van der Waals surface area contributed by atoms with Gasteiger partial charge >= 0.3 is 0 Å².